The Morgan fingerprint density at radius 1 is 1.44 bits per heavy atom. The van der Waals surface area contributed by atoms with Crippen molar-refractivity contribution in [2.75, 3.05) is 6.54 Å². The number of benzene rings is 1. The van der Waals surface area contributed by atoms with E-state index in [2.05, 4.69) is 15.9 Å². The SMILES string of the molecule is NCCCC[C@@H](N)c1cc([N+](=O)[O-])cc(Br)c1O. The minimum Gasteiger partial charge on any atom is -0.506 e. The van der Waals surface area contributed by atoms with Gasteiger partial charge in [0.25, 0.3) is 5.69 Å². The molecular formula is C11H16BrN3O3. The normalized spacial score (nSPS) is 12.4. The predicted molar refractivity (Wildman–Crippen MR) is 72.3 cm³/mol. The molecule has 0 aliphatic heterocycles. The minimum absolute atomic E-state index is 0.0409. The molecule has 0 fully saturated rings. The predicted octanol–water partition coefficient (Wildman–Crippen LogP) is 2.19. The first-order valence-corrected chi connectivity index (χ1v) is 6.39. The maximum atomic E-state index is 10.7. The summed E-state index contributed by atoms with van der Waals surface area (Å²) in [5.74, 6) is -0.0409. The van der Waals surface area contributed by atoms with Crippen molar-refractivity contribution in [3.05, 3.63) is 32.3 Å². The van der Waals surface area contributed by atoms with E-state index in [9.17, 15) is 15.2 Å². The zero-order valence-corrected chi connectivity index (χ0v) is 11.4. The van der Waals surface area contributed by atoms with E-state index in [1.165, 1.54) is 12.1 Å². The summed E-state index contributed by atoms with van der Waals surface area (Å²) in [6.45, 7) is 0.581. The highest BCUT2D eigenvalue weighted by molar-refractivity contribution is 9.10. The number of hydrogen-bond donors (Lipinski definition) is 3. The lowest BCUT2D eigenvalue weighted by molar-refractivity contribution is -0.385. The van der Waals surface area contributed by atoms with Gasteiger partial charge in [0.2, 0.25) is 0 Å². The number of aromatic hydroxyl groups is 1. The molecule has 0 radical (unpaired) electrons. The van der Waals surface area contributed by atoms with Crippen molar-refractivity contribution in [1.82, 2.24) is 0 Å². The average molecular weight is 318 g/mol. The van der Waals surface area contributed by atoms with Crippen molar-refractivity contribution in [3.8, 4) is 5.75 Å². The topological polar surface area (TPSA) is 115 Å². The van der Waals surface area contributed by atoms with Crippen LogP contribution in [-0.2, 0) is 0 Å². The molecule has 0 saturated carbocycles. The molecule has 1 aromatic rings. The fourth-order valence-corrected chi connectivity index (χ4v) is 2.12. The van der Waals surface area contributed by atoms with Crippen LogP contribution in [0.1, 0.15) is 30.9 Å². The average Bonchev–Trinajstić information content (AvgIpc) is 2.32. The number of halogens is 1. The second-order valence-corrected chi connectivity index (χ2v) is 4.87. The Labute approximate surface area is 113 Å². The van der Waals surface area contributed by atoms with Crippen LogP contribution in [0.4, 0.5) is 5.69 Å². The van der Waals surface area contributed by atoms with Crippen LogP contribution in [0.3, 0.4) is 0 Å². The number of nitrogens with zero attached hydrogens (tertiary/aromatic N) is 1. The summed E-state index contributed by atoms with van der Waals surface area (Å²) in [5, 5.41) is 20.6. The molecule has 18 heavy (non-hydrogen) atoms. The van der Waals surface area contributed by atoms with Crippen molar-refractivity contribution < 1.29 is 10.0 Å². The Bertz CT molecular complexity index is 440. The molecule has 1 rings (SSSR count). The molecule has 6 nitrogen and oxygen atoms in total. The third-order valence-corrected chi connectivity index (χ3v) is 3.26. The number of nitro groups is 1. The summed E-state index contributed by atoms with van der Waals surface area (Å²) in [7, 11) is 0. The highest BCUT2D eigenvalue weighted by Gasteiger charge is 2.19. The first kappa shape index (κ1) is 14.9. The van der Waals surface area contributed by atoms with Gasteiger partial charge in [0.1, 0.15) is 5.75 Å². The van der Waals surface area contributed by atoms with E-state index in [4.69, 9.17) is 11.5 Å². The lowest BCUT2D eigenvalue weighted by Crippen LogP contribution is -2.12. The van der Waals surface area contributed by atoms with Gasteiger partial charge in [-0.2, -0.15) is 0 Å². The third-order valence-electron chi connectivity index (χ3n) is 2.66. The number of phenols is 1. The molecule has 0 saturated heterocycles. The summed E-state index contributed by atoms with van der Waals surface area (Å²) in [6.07, 6.45) is 2.28. The van der Waals surface area contributed by atoms with E-state index in [1.54, 1.807) is 0 Å². The smallest absolute Gasteiger partial charge is 0.271 e. The molecule has 0 aliphatic rings. The van der Waals surface area contributed by atoms with E-state index in [1.807, 2.05) is 0 Å². The van der Waals surface area contributed by atoms with Gasteiger partial charge in [-0.3, -0.25) is 10.1 Å². The monoisotopic (exact) mass is 317 g/mol. The van der Waals surface area contributed by atoms with Crippen LogP contribution in [0, 0.1) is 10.1 Å². The van der Waals surface area contributed by atoms with Crippen molar-refractivity contribution >= 4 is 21.6 Å². The maximum absolute atomic E-state index is 10.7. The number of nitrogens with two attached hydrogens (primary N) is 2. The number of hydrogen-bond acceptors (Lipinski definition) is 5. The molecule has 7 heteroatoms. The Kier molecular flexibility index (Phi) is 5.52. The molecule has 0 bridgehead atoms. The van der Waals surface area contributed by atoms with Crippen LogP contribution < -0.4 is 11.5 Å². The molecule has 1 atom stereocenters. The Morgan fingerprint density at radius 3 is 2.67 bits per heavy atom. The molecule has 0 aliphatic carbocycles. The van der Waals surface area contributed by atoms with E-state index >= 15 is 0 Å². The molecule has 0 aromatic heterocycles. The summed E-state index contributed by atoms with van der Waals surface area (Å²) in [4.78, 5) is 10.2. The van der Waals surface area contributed by atoms with E-state index in [-0.39, 0.29) is 15.9 Å². The van der Waals surface area contributed by atoms with E-state index < -0.39 is 11.0 Å². The lowest BCUT2D eigenvalue weighted by Gasteiger charge is -2.14. The number of rotatable bonds is 6. The van der Waals surface area contributed by atoms with Gasteiger partial charge >= 0.3 is 0 Å². The lowest BCUT2D eigenvalue weighted by atomic mass is 10.0. The summed E-state index contributed by atoms with van der Waals surface area (Å²) < 4.78 is 0.279. The van der Waals surface area contributed by atoms with Gasteiger partial charge in [-0.1, -0.05) is 6.42 Å². The summed E-state index contributed by atoms with van der Waals surface area (Å²) in [6, 6.07) is 2.13. The Hall–Kier alpha value is -1.18. The fraction of sp³-hybridized carbons (Fsp3) is 0.455. The fourth-order valence-electron chi connectivity index (χ4n) is 1.66. The van der Waals surface area contributed by atoms with Gasteiger partial charge in [0.05, 0.1) is 9.40 Å². The van der Waals surface area contributed by atoms with Gasteiger partial charge in [-0.15, -0.1) is 0 Å². The van der Waals surface area contributed by atoms with Crippen LogP contribution in [0.15, 0.2) is 16.6 Å². The molecular weight excluding hydrogens is 302 g/mol. The van der Waals surface area contributed by atoms with Gasteiger partial charge in [-0.25, -0.2) is 0 Å². The second-order valence-electron chi connectivity index (χ2n) is 4.01. The summed E-state index contributed by atoms with van der Waals surface area (Å²) in [5.41, 5.74) is 11.6. The van der Waals surface area contributed by atoms with Gasteiger partial charge in [-0.05, 0) is 35.3 Å². The number of non-ortho nitro benzene ring substituents is 1. The van der Waals surface area contributed by atoms with Gasteiger partial charge in [0.15, 0.2) is 0 Å². The maximum Gasteiger partial charge on any atom is 0.271 e. The van der Waals surface area contributed by atoms with Crippen LogP contribution >= 0.6 is 15.9 Å². The van der Waals surface area contributed by atoms with Crippen molar-refractivity contribution in [3.63, 3.8) is 0 Å². The first-order valence-electron chi connectivity index (χ1n) is 5.59. The molecule has 0 unspecified atom stereocenters. The molecule has 0 heterocycles. The minimum atomic E-state index is -0.514. The van der Waals surface area contributed by atoms with E-state index in [0.29, 0.717) is 18.5 Å². The number of unbranched alkanes of at least 4 members (excludes halogenated alkanes) is 1. The van der Waals surface area contributed by atoms with Crippen molar-refractivity contribution in [2.24, 2.45) is 11.5 Å². The highest BCUT2D eigenvalue weighted by Crippen LogP contribution is 2.36. The van der Waals surface area contributed by atoms with Crippen LogP contribution in [0.2, 0.25) is 0 Å². The zero-order chi connectivity index (χ0) is 13.7. The van der Waals surface area contributed by atoms with Crippen LogP contribution in [0.25, 0.3) is 0 Å². The summed E-state index contributed by atoms with van der Waals surface area (Å²) >= 11 is 3.09. The highest BCUT2D eigenvalue weighted by atomic mass is 79.9. The molecule has 1 aromatic carbocycles. The second kappa shape index (κ2) is 6.67. The zero-order valence-electron chi connectivity index (χ0n) is 9.80. The Balaban J connectivity index is 2.95. The molecule has 0 spiro atoms. The van der Waals surface area contributed by atoms with E-state index in [0.717, 1.165) is 12.8 Å². The third kappa shape index (κ3) is 3.66. The van der Waals surface area contributed by atoms with Crippen LogP contribution in [0.5, 0.6) is 5.75 Å². The largest absolute Gasteiger partial charge is 0.506 e. The van der Waals surface area contributed by atoms with Crippen LogP contribution in [-0.4, -0.2) is 16.6 Å². The number of nitro benzene ring substituents is 1. The number of phenolic OH excluding ortho intramolecular Hbond substituents is 1. The standard InChI is InChI=1S/C11H16BrN3O3/c12-9-6-7(15(17)18)5-8(11(9)16)10(14)3-1-2-4-13/h5-6,10,16H,1-4,13-14H2/t10-/m1/s1. The molecule has 100 valence electrons. The molecule has 5 N–H and O–H groups in total. The first-order chi connectivity index (χ1) is 8.47. The van der Waals surface area contributed by atoms with Gasteiger partial charge in [0, 0.05) is 23.7 Å². The van der Waals surface area contributed by atoms with Gasteiger partial charge < -0.3 is 16.6 Å². The van der Waals surface area contributed by atoms with Crippen molar-refractivity contribution in [2.45, 2.75) is 25.3 Å². The Morgan fingerprint density at radius 2 is 2.11 bits per heavy atom. The quantitative estimate of drug-likeness (QED) is 0.422. The van der Waals surface area contributed by atoms with Crippen molar-refractivity contribution in [1.29, 1.82) is 0 Å². The molecule has 0 amide bonds.